The highest BCUT2D eigenvalue weighted by molar-refractivity contribution is 4.90. The van der Waals surface area contributed by atoms with Gasteiger partial charge in [-0.2, -0.15) is 0 Å². The quantitative estimate of drug-likeness (QED) is 0.716. The molecular weight excluding hydrogens is 212 g/mol. The van der Waals surface area contributed by atoms with Crippen LogP contribution in [0.3, 0.4) is 0 Å². The first-order valence-electron chi connectivity index (χ1n) is 5.97. The molecule has 5 atom stereocenters. The van der Waals surface area contributed by atoms with E-state index in [9.17, 15) is 10.2 Å². The van der Waals surface area contributed by atoms with Crippen molar-refractivity contribution >= 4 is 0 Å². The van der Waals surface area contributed by atoms with Crippen LogP contribution in [0, 0.1) is 0 Å². The fourth-order valence-electron chi connectivity index (χ4n) is 2.12. The average Bonchev–Trinajstić information content (AvgIpc) is 2.85. The highest BCUT2D eigenvalue weighted by Crippen LogP contribution is 2.26. The van der Waals surface area contributed by atoms with Gasteiger partial charge in [-0.25, -0.2) is 0 Å². The fraction of sp³-hybridized carbons (Fsp3) is 1.00. The summed E-state index contributed by atoms with van der Waals surface area (Å²) >= 11 is 0. The predicted molar refractivity (Wildman–Crippen MR) is 55.9 cm³/mol. The highest BCUT2D eigenvalue weighted by atomic mass is 16.7. The third-order valence-electron chi connectivity index (χ3n) is 3.12. The molecule has 2 saturated heterocycles. The van der Waals surface area contributed by atoms with Gasteiger partial charge in [0.15, 0.2) is 6.29 Å². The summed E-state index contributed by atoms with van der Waals surface area (Å²) in [6.45, 7) is 2.72. The van der Waals surface area contributed by atoms with Crippen LogP contribution in [-0.2, 0) is 14.2 Å². The Kier molecular flexibility index (Phi) is 4.16. The monoisotopic (exact) mass is 232 g/mol. The molecule has 16 heavy (non-hydrogen) atoms. The molecule has 0 spiro atoms. The molecule has 5 heteroatoms. The molecule has 0 radical (unpaired) electrons. The molecule has 2 N–H and O–H groups in total. The Morgan fingerprint density at radius 1 is 1.19 bits per heavy atom. The van der Waals surface area contributed by atoms with E-state index < -0.39 is 18.3 Å². The van der Waals surface area contributed by atoms with E-state index >= 15 is 0 Å². The molecule has 3 unspecified atom stereocenters. The molecule has 0 saturated carbocycles. The van der Waals surface area contributed by atoms with Crippen LogP contribution in [0.15, 0.2) is 0 Å². The molecular formula is C11H20O5. The van der Waals surface area contributed by atoms with E-state index in [1.54, 1.807) is 0 Å². The summed E-state index contributed by atoms with van der Waals surface area (Å²) in [7, 11) is 0. The molecule has 2 fully saturated rings. The third-order valence-corrected chi connectivity index (χ3v) is 3.12. The Bertz CT molecular complexity index is 222. The van der Waals surface area contributed by atoms with E-state index in [0.29, 0.717) is 6.61 Å². The lowest BCUT2D eigenvalue weighted by Gasteiger charge is -2.20. The van der Waals surface area contributed by atoms with E-state index in [0.717, 1.165) is 19.3 Å². The van der Waals surface area contributed by atoms with Gasteiger partial charge < -0.3 is 24.4 Å². The van der Waals surface area contributed by atoms with Crippen molar-refractivity contribution in [2.24, 2.45) is 0 Å². The van der Waals surface area contributed by atoms with Crippen LogP contribution in [0.25, 0.3) is 0 Å². The molecule has 2 rings (SSSR count). The average molecular weight is 232 g/mol. The Labute approximate surface area is 95.3 Å². The first-order valence-corrected chi connectivity index (χ1v) is 5.97. The van der Waals surface area contributed by atoms with Crippen LogP contribution in [0.4, 0.5) is 0 Å². The van der Waals surface area contributed by atoms with Crippen LogP contribution in [0.5, 0.6) is 0 Å². The first kappa shape index (κ1) is 12.3. The maximum atomic E-state index is 9.67. The SMILES string of the molecule is CCCCC1OCC([C@H]2OCC(O)[C@@H]2O)O1. The smallest absolute Gasteiger partial charge is 0.158 e. The maximum Gasteiger partial charge on any atom is 0.158 e. The van der Waals surface area contributed by atoms with Gasteiger partial charge in [-0.1, -0.05) is 13.3 Å². The minimum Gasteiger partial charge on any atom is -0.388 e. The number of hydrogen-bond acceptors (Lipinski definition) is 5. The molecule has 2 aliphatic heterocycles. The molecule has 0 aromatic carbocycles. The Hall–Kier alpha value is -0.200. The van der Waals surface area contributed by atoms with Gasteiger partial charge in [-0.3, -0.25) is 0 Å². The summed E-state index contributed by atoms with van der Waals surface area (Å²) < 4.78 is 16.4. The molecule has 0 aromatic rings. The van der Waals surface area contributed by atoms with Gasteiger partial charge in [0.1, 0.15) is 24.4 Å². The number of ether oxygens (including phenoxy) is 3. The fourth-order valence-corrected chi connectivity index (χ4v) is 2.12. The zero-order valence-electron chi connectivity index (χ0n) is 9.54. The van der Waals surface area contributed by atoms with Crippen molar-refractivity contribution in [3.05, 3.63) is 0 Å². The van der Waals surface area contributed by atoms with Crippen molar-refractivity contribution in [2.45, 2.75) is 56.9 Å². The molecule has 2 heterocycles. The molecule has 94 valence electrons. The molecule has 0 bridgehead atoms. The van der Waals surface area contributed by atoms with Crippen LogP contribution < -0.4 is 0 Å². The van der Waals surface area contributed by atoms with Gasteiger partial charge in [0.05, 0.1) is 13.2 Å². The summed E-state index contributed by atoms with van der Waals surface area (Å²) in [5.41, 5.74) is 0. The van der Waals surface area contributed by atoms with Gasteiger partial charge in [0.2, 0.25) is 0 Å². The van der Waals surface area contributed by atoms with Crippen LogP contribution in [0.1, 0.15) is 26.2 Å². The summed E-state index contributed by atoms with van der Waals surface area (Å²) in [5, 5.41) is 19.0. The molecule has 0 aromatic heterocycles. The normalized spacial score (nSPS) is 44.1. The van der Waals surface area contributed by atoms with Crippen LogP contribution in [0.2, 0.25) is 0 Å². The Balaban J connectivity index is 1.80. The minimum atomic E-state index is -0.862. The predicted octanol–water partition coefficient (Wildman–Crippen LogP) is 0.0387. The lowest BCUT2D eigenvalue weighted by molar-refractivity contribution is -0.103. The second kappa shape index (κ2) is 5.42. The topological polar surface area (TPSA) is 68.2 Å². The second-order valence-corrected chi connectivity index (χ2v) is 4.44. The number of aliphatic hydroxyl groups is 2. The molecule has 2 aliphatic rings. The van der Waals surface area contributed by atoms with Crippen molar-refractivity contribution in [2.75, 3.05) is 13.2 Å². The Morgan fingerprint density at radius 3 is 2.62 bits per heavy atom. The van der Waals surface area contributed by atoms with E-state index in [4.69, 9.17) is 14.2 Å². The van der Waals surface area contributed by atoms with Gasteiger partial charge in [0, 0.05) is 0 Å². The molecule has 5 nitrogen and oxygen atoms in total. The second-order valence-electron chi connectivity index (χ2n) is 4.44. The van der Waals surface area contributed by atoms with Crippen molar-refractivity contribution in [1.29, 1.82) is 0 Å². The first-order chi connectivity index (χ1) is 7.72. The van der Waals surface area contributed by atoms with E-state index in [1.807, 2.05) is 0 Å². The largest absolute Gasteiger partial charge is 0.388 e. The number of aliphatic hydroxyl groups excluding tert-OH is 2. The molecule has 0 amide bonds. The van der Waals surface area contributed by atoms with Gasteiger partial charge >= 0.3 is 0 Å². The summed E-state index contributed by atoms with van der Waals surface area (Å²) in [6.07, 6.45) is 0.484. The number of unbranched alkanes of at least 4 members (excludes halogenated alkanes) is 1. The lowest BCUT2D eigenvalue weighted by Crippen LogP contribution is -2.39. The third kappa shape index (κ3) is 2.55. The maximum absolute atomic E-state index is 9.67. The standard InChI is InChI=1S/C11H20O5/c1-2-3-4-9-14-6-8(16-9)11-10(13)7(12)5-15-11/h7-13H,2-6H2,1H3/t7?,8?,9?,10-,11+/m0/s1. The number of rotatable bonds is 4. The minimum absolute atomic E-state index is 0.172. The van der Waals surface area contributed by atoms with E-state index in [2.05, 4.69) is 6.92 Å². The van der Waals surface area contributed by atoms with Crippen molar-refractivity contribution in [3.8, 4) is 0 Å². The summed E-state index contributed by atoms with van der Waals surface area (Å²) in [5.74, 6) is 0. The van der Waals surface area contributed by atoms with Gasteiger partial charge in [-0.15, -0.1) is 0 Å². The van der Waals surface area contributed by atoms with Gasteiger partial charge in [-0.05, 0) is 12.8 Å². The summed E-state index contributed by atoms with van der Waals surface area (Å²) in [4.78, 5) is 0. The zero-order chi connectivity index (χ0) is 11.5. The van der Waals surface area contributed by atoms with Gasteiger partial charge in [0.25, 0.3) is 0 Å². The summed E-state index contributed by atoms with van der Waals surface area (Å²) in [6, 6.07) is 0. The van der Waals surface area contributed by atoms with E-state index in [1.165, 1.54) is 0 Å². The van der Waals surface area contributed by atoms with Crippen molar-refractivity contribution in [1.82, 2.24) is 0 Å². The van der Waals surface area contributed by atoms with Crippen molar-refractivity contribution in [3.63, 3.8) is 0 Å². The van der Waals surface area contributed by atoms with Crippen LogP contribution >= 0.6 is 0 Å². The highest BCUT2D eigenvalue weighted by Gasteiger charge is 2.43. The van der Waals surface area contributed by atoms with Crippen molar-refractivity contribution < 1.29 is 24.4 Å². The van der Waals surface area contributed by atoms with E-state index in [-0.39, 0.29) is 19.0 Å². The number of hydrogen-bond donors (Lipinski definition) is 2. The lowest BCUT2D eigenvalue weighted by atomic mass is 10.1. The van der Waals surface area contributed by atoms with Crippen LogP contribution in [-0.4, -0.2) is 54.1 Å². The molecule has 0 aliphatic carbocycles. The zero-order valence-corrected chi connectivity index (χ0v) is 9.54. The Morgan fingerprint density at radius 2 is 2.00 bits per heavy atom.